The number of nitrogens with zero attached hydrogens (tertiary/aromatic N) is 3. The van der Waals surface area contributed by atoms with Crippen molar-refractivity contribution in [2.45, 2.75) is 25.5 Å². The van der Waals surface area contributed by atoms with E-state index in [1.807, 2.05) is 24.3 Å². The number of hydrogen-bond acceptors (Lipinski definition) is 6. The molecule has 1 aliphatic heterocycles. The summed E-state index contributed by atoms with van der Waals surface area (Å²) in [5.41, 5.74) is 1.91. The van der Waals surface area contributed by atoms with Gasteiger partial charge in [-0.15, -0.1) is 0 Å². The quantitative estimate of drug-likeness (QED) is 0.482. The predicted octanol–water partition coefficient (Wildman–Crippen LogP) is 4.57. The zero-order valence-corrected chi connectivity index (χ0v) is 19.5. The molecular formula is C24H25BrN4O3. The Hall–Kier alpha value is -3.13. The van der Waals surface area contributed by atoms with Crippen molar-refractivity contribution in [1.29, 1.82) is 0 Å². The molecule has 0 radical (unpaired) electrons. The summed E-state index contributed by atoms with van der Waals surface area (Å²) in [5.74, 6) is 1.96. The van der Waals surface area contributed by atoms with Gasteiger partial charge < -0.3 is 19.7 Å². The molecule has 0 unspecified atom stereocenters. The van der Waals surface area contributed by atoms with Gasteiger partial charge in [0.05, 0.1) is 12.6 Å². The van der Waals surface area contributed by atoms with Crippen LogP contribution in [0.3, 0.4) is 0 Å². The molecule has 0 bridgehead atoms. The van der Waals surface area contributed by atoms with Gasteiger partial charge in [-0.05, 0) is 29.8 Å². The van der Waals surface area contributed by atoms with Crippen LogP contribution in [0.15, 0.2) is 59.9 Å². The monoisotopic (exact) mass is 496 g/mol. The number of likely N-dealkylation sites (tertiary alicyclic amines) is 1. The molecule has 4 rings (SSSR count). The molecule has 2 heterocycles. The van der Waals surface area contributed by atoms with Crippen molar-refractivity contribution >= 4 is 38.6 Å². The molecule has 1 amide bonds. The summed E-state index contributed by atoms with van der Waals surface area (Å²) in [4.78, 5) is 22.5. The van der Waals surface area contributed by atoms with Crippen molar-refractivity contribution < 1.29 is 14.3 Å². The first kappa shape index (κ1) is 22.1. The Labute approximate surface area is 195 Å². The van der Waals surface area contributed by atoms with E-state index in [0.717, 1.165) is 39.6 Å². The van der Waals surface area contributed by atoms with Crippen molar-refractivity contribution in [2.75, 3.05) is 25.5 Å². The molecule has 1 saturated heterocycles. The lowest BCUT2D eigenvalue weighted by molar-refractivity contribution is -0.127. The fraction of sp³-hybridized carbons (Fsp3) is 0.292. The lowest BCUT2D eigenvalue weighted by Gasteiger charge is -2.31. The minimum atomic E-state index is -0.0370. The van der Waals surface area contributed by atoms with Crippen LogP contribution in [-0.2, 0) is 11.3 Å². The highest BCUT2D eigenvalue weighted by Crippen LogP contribution is 2.35. The van der Waals surface area contributed by atoms with E-state index < -0.39 is 0 Å². The number of piperidine rings is 1. The van der Waals surface area contributed by atoms with Crippen molar-refractivity contribution in [2.24, 2.45) is 0 Å². The largest absolute Gasteiger partial charge is 0.493 e. The third-order valence-corrected chi connectivity index (χ3v) is 5.98. The maximum Gasteiger partial charge on any atom is 0.245 e. The molecule has 166 valence electrons. The third kappa shape index (κ3) is 5.02. The molecular weight excluding hydrogens is 472 g/mol. The minimum absolute atomic E-state index is 0.00192. The Kier molecular flexibility index (Phi) is 6.90. The standard InChI is InChI=1S/C24H25BrN4O3/c1-3-23(30)29-9-7-18(8-10-29)32-22-12-19-20(13-21(22)31-2)27-15-28-24(19)26-14-16-5-4-6-17(25)11-16/h3-6,11-13,15,18H,1,7-10,14H2,2H3,(H,26,27,28). The lowest BCUT2D eigenvalue weighted by atomic mass is 10.1. The number of carbonyl (C=O) groups is 1. The van der Waals surface area contributed by atoms with Gasteiger partial charge in [-0.3, -0.25) is 4.79 Å². The summed E-state index contributed by atoms with van der Waals surface area (Å²) in [6.07, 6.45) is 4.40. The second-order valence-electron chi connectivity index (χ2n) is 7.57. The number of nitrogens with one attached hydrogen (secondary N) is 1. The van der Waals surface area contributed by atoms with Gasteiger partial charge in [0.25, 0.3) is 0 Å². The SMILES string of the molecule is C=CC(=O)N1CCC(Oc2cc3c(NCc4cccc(Br)c4)ncnc3cc2OC)CC1. The highest BCUT2D eigenvalue weighted by Gasteiger charge is 2.24. The van der Waals surface area contributed by atoms with Gasteiger partial charge in [-0.2, -0.15) is 0 Å². The Morgan fingerprint density at radius 2 is 2.06 bits per heavy atom. The second-order valence-corrected chi connectivity index (χ2v) is 8.49. The number of amides is 1. The van der Waals surface area contributed by atoms with E-state index in [0.29, 0.717) is 31.1 Å². The maximum absolute atomic E-state index is 11.8. The molecule has 2 aromatic carbocycles. The van der Waals surface area contributed by atoms with E-state index in [4.69, 9.17) is 9.47 Å². The van der Waals surface area contributed by atoms with Crippen LogP contribution in [0.4, 0.5) is 5.82 Å². The molecule has 1 N–H and O–H groups in total. The number of anilines is 1. The van der Waals surface area contributed by atoms with E-state index >= 15 is 0 Å². The summed E-state index contributed by atoms with van der Waals surface area (Å²) in [5, 5.41) is 4.26. The molecule has 3 aromatic rings. The van der Waals surface area contributed by atoms with E-state index in [2.05, 4.69) is 49.9 Å². The fourth-order valence-electron chi connectivity index (χ4n) is 3.79. The first-order valence-corrected chi connectivity index (χ1v) is 11.3. The van der Waals surface area contributed by atoms with E-state index in [9.17, 15) is 4.79 Å². The van der Waals surface area contributed by atoms with Crippen LogP contribution in [0.1, 0.15) is 18.4 Å². The van der Waals surface area contributed by atoms with Crippen LogP contribution in [0, 0.1) is 0 Å². The number of fused-ring (bicyclic) bond motifs is 1. The Morgan fingerprint density at radius 1 is 1.25 bits per heavy atom. The Balaban J connectivity index is 1.54. The average molecular weight is 497 g/mol. The second kappa shape index (κ2) is 9.99. The van der Waals surface area contributed by atoms with Gasteiger partial charge in [0.1, 0.15) is 18.2 Å². The van der Waals surface area contributed by atoms with E-state index in [1.54, 1.807) is 12.0 Å². The smallest absolute Gasteiger partial charge is 0.245 e. The Bertz CT molecular complexity index is 1130. The lowest BCUT2D eigenvalue weighted by Crippen LogP contribution is -2.41. The number of halogens is 1. The first-order valence-electron chi connectivity index (χ1n) is 10.5. The van der Waals surface area contributed by atoms with Gasteiger partial charge in [0.15, 0.2) is 11.5 Å². The summed E-state index contributed by atoms with van der Waals surface area (Å²) in [6, 6.07) is 11.9. The molecule has 8 heteroatoms. The summed E-state index contributed by atoms with van der Waals surface area (Å²) < 4.78 is 12.9. The number of hydrogen-bond donors (Lipinski definition) is 1. The van der Waals surface area contributed by atoms with Crippen LogP contribution in [0.5, 0.6) is 11.5 Å². The van der Waals surface area contributed by atoms with E-state index in [1.165, 1.54) is 12.4 Å². The molecule has 1 aliphatic rings. The van der Waals surface area contributed by atoms with Crippen molar-refractivity contribution in [3.05, 3.63) is 65.4 Å². The summed E-state index contributed by atoms with van der Waals surface area (Å²) in [6.45, 7) is 5.48. The Morgan fingerprint density at radius 3 is 2.78 bits per heavy atom. The number of methoxy groups -OCH3 is 1. The van der Waals surface area contributed by atoms with Gasteiger partial charge in [-0.25, -0.2) is 9.97 Å². The number of carbonyl (C=O) groups excluding carboxylic acids is 1. The predicted molar refractivity (Wildman–Crippen MR) is 128 cm³/mol. The maximum atomic E-state index is 11.8. The van der Waals surface area contributed by atoms with Crippen molar-refractivity contribution in [3.8, 4) is 11.5 Å². The zero-order chi connectivity index (χ0) is 22.5. The zero-order valence-electron chi connectivity index (χ0n) is 17.9. The first-order chi connectivity index (χ1) is 15.6. The van der Waals surface area contributed by atoms with Gasteiger partial charge in [0, 0.05) is 48.4 Å². The molecule has 7 nitrogen and oxygen atoms in total. The van der Waals surface area contributed by atoms with Crippen LogP contribution < -0.4 is 14.8 Å². The van der Waals surface area contributed by atoms with E-state index in [-0.39, 0.29) is 12.0 Å². The van der Waals surface area contributed by atoms with Crippen LogP contribution in [0.25, 0.3) is 10.9 Å². The number of rotatable bonds is 7. The van der Waals surface area contributed by atoms with Crippen LogP contribution in [-0.4, -0.2) is 47.1 Å². The van der Waals surface area contributed by atoms with Crippen molar-refractivity contribution in [1.82, 2.24) is 14.9 Å². The van der Waals surface area contributed by atoms with Gasteiger partial charge >= 0.3 is 0 Å². The van der Waals surface area contributed by atoms with Crippen LogP contribution >= 0.6 is 15.9 Å². The number of ether oxygens (including phenoxy) is 2. The summed E-state index contributed by atoms with van der Waals surface area (Å²) >= 11 is 3.51. The minimum Gasteiger partial charge on any atom is -0.493 e. The van der Waals surface area contributed by atoms with Gasteiger partial charge in [-0.1, -0.05) is 34.6 Å². The molecule has 0 atom stereocenters. The average Bonchev–Trinajstić information content (AvgIpc) is 2.82. The molecule has 0 aliphatic carbocycles. The number of benzene rings is 2. The topological polar surface area (TPSA) is 76.6 Å². The molecule has 0 spiro atoms. The fourth-order valence-corrected chi connectivity index (χ4v) is 4.24. The molecule has 32 heavy (non-hydrogen) atoms. The molecule has 1 fully saturated rings. The normalized spacial score (nSPS) is 14.2. The summed E-state index contributed by atoms with van der Waals surface area (Å²) in [7, 11) is 1.62. The highest BCUT2D eigenvalue weighted by atomic mass is 79.9. The van der Waals surface area contributed by atoms with Crippen LogP contribution in [0.2, 0.25) is 0 Å². The molecule has 0 saturated carbocycles. The van der Waals surface area contributed by atoms with Crippen molar-refractivity contribution in [3.63, 3.8) is 0 Å². The highest BCUT2D eigenvalue weighted by molar-refractivity contribution is 9.10. The number of aromatic nitrogens is 2. The van der Waals surface area contributed by atoms with Gasteiger partial charge in [0.2, 0.25) is 5.91 Å². The third-order valence-electron chi connectivity index (χ3n) is 5.49. The molecule has 1 aromatic heterocycles.